The lowest BCUT2D eigenvalue weighted by Gasteiger charge is -2.11. The first-order chi connectivity index (χ1) is 13.5. The average Bonchev–Trinajstić information content (AvgIpc) is 2.70. The zero-order chi connectivity index (χ0) is 19.7. The summed E-state index contributed by atoms with van der Waals surface area (Å²) in [5.41, 5.74) is 4.07. The lowest BCUT2D eigenvalue weighted by molar-refractivity contribution is 0.102. The van der Waals surface area contributed by atoms with Crippen LogP contribution < -0.4 is 5.32 Å². The van der Waals surface area contributed by atoms with Gasteiger partial charge in [-0.2, -0.15) is 0 Å². The third-order valence-corrected chi connectivity index (χ3v) is 4.94. The molecule has 1 heterocycles. The van der Waals surface area contributed by atoms with E-state index in [4.69, 9.17) is 11.6 Å². The third kappa shape index (κ3) is 3.59. The molecule has 0 unspecified atom stereocenters. The Hall–Kier alpha value is -3.24. The zero-order valence-corrected chi connectivity index (χ0v) is 15.8. The maximum Gasteiger partial charge on any atom is 0.256 e. The SMILES string of the molecule is Cc1ccc(NC(=O)c2cc(-c3ccc(F)cc3)nc3ccccc23)cc1Cl. The predicted octanol–water partition coefficient (Wildman–Crippen LogP) is 6.26. The molecule has 1 amide bonds. The number of anilines is 1. The minimum absolute atomic E-state index is 0.262. The second-order valence-corrected chi connectivity index (χ2v) is 6.90. The van der Waals surface area contributed by atoms with Gasteiger partial charge in [0.15, 0.2) is 0 Å². The highest BCUT2D eigenvalue weighted by Crippen LogP contribution is 2.26. The number of nitrogens with zero attached hydrogens (tertiary/aromatic N) is 1. The first-order valence-electron chi connectivity index (χ1n) is 8.74. The van der Waals surface area contributed by atoms with Crippen molar-refractivity contribution in [2.24, 2.45) is 0 Å². The molecule has 0 atom stereocenters. The molecule has 0 aliphatic heterocycles. The van der Waals surface area contributed by atoms with Gasteiger partial charge < -0.3 is 5.32 Å². The summed E-state index contributed by atoms with van der Waals surface area (Å²) in [6, 6.07) is 20.6. The van der Waals surface area contributed by atoms with Crippen LogP contribution in [0, 0.1) is 12.7 Å². The molecule has 0 bridgehead atoms. The van der Waals surface area contributed by atoms with E-state index < -0.39 is 0 Å². The van der Waals surface area contributed by atoms with Gasteiger partial charge in [0.1, 0.15) is 5.82 Å². The highest BCUT2D eigenvalue weighted by Gasteiger charge is 2.14. The molecule has 0 saturated heterocycles. The summed E-state index contributed by atoms with van der Waals surface area (Å²) in [6.07, 6.45) is 0. The molecule has 4 aromatic rings. The highest BCUT2D eigenvalue weighted by molar-refractivity contribution is 6.31. The van der Waals surface area contributed by atoms with Crippen molar-refractivity contribution in [2.75, 3.05) is 5.32 Å². The van der Waals surface area contributed by atoms with Crippen LogP contribution in [0.4, 0.5) is 10.1 Å². The Morgan fingerprint density at radius 1 is 1.00 bits per heavy atom. The largest absolute Gasteiger partial charge is 0.322 e. The molecule has 3 nitrogen and oxygen atoms in total. The van der Waals surface area contributed by atoms with Crippen LogP contribution in [-0.2, 0) is 0 Å². The number of aromatic nitrogens is 1. The lowest BCUT2D eigenvalue weighted by Crippen LogP contribution is -2.13. The van der Waals surface area contributed by atoms with E-state index in [2.05, 4.69) is 10.3 Å². The molecule has 0 saturated carbocycles. The normalized spacial score (nSPS) is 10.8. The fourth-order valence-electron chi connectivity index (χ4n) is 3.00. The minimum atomic E-state index is -0.321. The van der Waals surface area contributed by atoms with Gasteiger partial charge in [-0.1, -0.05) is 35.9 Å². The van der Waals surface area contributed by atoms with Gasteiger partial charge in [-0.3, -0.25) is 4.79 Å². The summed E-state index contributed by atoms with van der Waals surface area (Å²) >= 11 is 6.16. The molecule has 0 fully saturated rings. The molecular weight excluding hydrogens is 375 g/mol. The number of hydrogen-bond donors (Lipinski definition) is 1. The predicted molar refractivity (Wildman–Crippen MR) is 111 cm³/mol. The second kappa shape index (κ2) is 7.41. The molecule has 1 N–H and O–H groups in total. The first-order valence-corrected chi connectivity index (χ1v) is 9.12. The van der Waals surface area contributed by atoms with E-state index in [9.17, 15) is 9.18 Å². The van der Waals surface area contributed by atoms with Crippen molar-refractivity contribution in [1.29, 1.82) is 0 Å². The number of hydrogen-bond acceptors (Lipinski definition) is 2. The summed E-state index contributed by atoms with van der Waals surface area (Å²) in [6.45, 7) is 1.90. The van der Waals surface area contributed by atoms with Crippen LogP contribution in [0.25, 0.3) is 22.2 Å². The molecule has 138 valence electrons. The Balaban J connectivity index is 1.79. The van der Waals surface area contributed by atoms with Crippen LogP contribution in [0.5, 0.6) is 0 Å². The quantitative estimate of drug-likeness (QED) is 0.449. The van der Waals surface area contributed by atoms with E-state index in [1.165, 1.54) is 12.1 Å². The molecule has 0 radical (unpaired) electrons. The minimum Gasteiger partial charge on any atom is -0.322 e. The number of nitrogens with one attached hydrogen (secondary N) is 1. The van der Waals surface area contributed by atoms with Gasteiger partial charge in [-0.05, 0) is 61.0 Å². The van der Waals surface area contributed by atoms with Crippen molar-refractivity contribution in [3.05, 3.63) is 94.8 Å². The fourth-order valence-corrected chi connectivity index (χ4v) is 3.18. The number of carbonyl (C=O) groups is 1. The Labute approximate surface area is 166 Å². The van der Waals surface area contributed by atoms with Crippen molar-refractivity contribution < 1.29 is 9.18 Å². The number of fused-ring (bicyclic) bond motifs is 1. The topological polar surface area (TPSA) is 42.0 Å². The Kier molecular flexibility index (Phi) is 4.80. The number of amides is 1. The van der Waals surface area contributed by atoms with Crippen LogP contribution in [0.3, 0.4) is 0 Å². The molecule has 4 rings (SSSR count). The summed E-state index contributed by atoms with van der Waals surface area (Å²) in [5.74, 6) is -0.583. The van der Waals surface area contributed by atoms with E-state index in [0.717, 1.165) is 16.5 Å². The van der Waals surface area contributed by atoms with Crippen molar-refractivity contribution in [2.45, 2.75) is 6.92 Å². The Morgan fingerprint density at radius 2 is 1.75 bits per heavy atom. The van der Waals surface area contributed by atoms with Gasteiger partial charge in [0.2, 0.25) is 0 Å². The highest BCUT2D eigenvalue weighted by atomic mass is 35.5. The number of halogens is 2. The maximum absolute atomic E-state index is 13.3. The van der Waals surface area contributed by atoms with E-state index in [-0.39, 0.29) is 11.7 Å². The van der Waals surface area contributed by atoms with Gasteiger partial charge in [-0.15, -0.1) is 0 Å². The zero-order valence-electron chi connectivity index (χ0n) is 15.0. The van der Waals surface area contributed by atoms with Gasteiger partial charge in [0.05, 0.1) is 16.8 Å². The number of benzene rings is 3. The number of carbonyl (C=O) groups excluding carboxylic acids is 1. The molecular formula is C23H16ClFN2O. The average molecular weight is 391 g/mol. The molecule has 0 aliphatic rings. The van der Waals surface area contributed by atoms with Crippen LogP contribution in [0.2, 0.25) is 5.02 Å². The van der Waals surface area contributed by atoms with E-state index in [1.807, 2.05) is 43.3 Å². The lowest BCUT2D eigenvalue weighted by atomic mass is 10.0. The van der Waals surface area contributed by atoms with Gasteiger partial charge in [0.25, 0.3) is 5.91 Å². The van der Waals surface area contributed by atoms with Crippen molar-refractivity contribution >= 4 is 34.1 Å². The standard InChI is InChI=1S/C23H16ClFN2O/c1-14-6-11-17(12-20(14)24)26-23(28)19-13-22(15-7-9-16(25)10-8-15)27-21-5-3-2-4-18(19)21/h2-13H,1H3,(H,26,28). The van der Waals surface area contributed by atoms with Crippen molar-refractivity contribution in [3.63, 3.8) is 0 Å². The Bertz CT molecular complexity index is 1190. The van der Waals surface area contributed by atoms with Crippen molar-refractivity contribution in [3.8, 4) is 11.3 Å². The number of aryl methyl sites for hydroxylation is 1. The van der Waals surface area contributed by atoms with Gasteiger partial charge in [-0.25, -0.2) is 9.37 Å². The molecule has 0 aliphatic carbocycles. The number of pyridine rings is 1. The van der Waals surface area contributed by atoms with Crippen molar-refractivity contribution in [1.82, 2.24) is 4.98 Å². The van der Waals surface area contributed by atoms with E-state index >= 15 is 0 Å². The van der Waals surface area contributed by atoms with Crippen LogP contribution in [-0.4, -0.2) is 10.9 Å². The Morgan fingerprint density at radius 3 is 2.50 bits per heavy atom. The molecule has 1 aromatic heterocycles. The molecule has 3 aromatic carbocycles. The fraction of sp³-hybridized carbons (Fsp3) is 0.0435. The molecule has 0 spiro atoms. The number of para-hydroxylation sites is 1. The molecule has 5 heteroatoms. The van der Waals surface area contributed by atoms with E-state index in [1.54, 1.807) is 24.3 Å². The van der Waals surface area contributed by atoms with Gasteiger partial charge >= 0.3 is 0 Å². The summed E-state index contributed by atoms with van der Waals surface area (Å²) in [7, 11) is 0. The summed E-state index contributed by atoms with van der Waals surface area (Å²) in [4.78, 5) is 17.6. The molecule has 28 heavy (non-hydrogen) atoms. The van der Waals surface area contributed by atoms with Crippen LogP contribution in [0.1, 0.15) is 15.9 Å². The van der Waals surface area contributed by atoms with Crippen LogP contribution >= 0.6 is 11.6 Å². The van der Waals surface area contributed by atoms with Gasteiger partial charge in [0, 0.05) is 21.7 Å². The van der Waals surface area contributed by atoms with E-state index in [0.29, 0.717) is 27.5 Å². The smallest absolute Gasteiger partial charge is 0.256 e. The summed E-state index contributed by atoms with van der Waals surface area (Å²) in [5, 5.41) is 4.22. The number of rotatable bonds is 3. The monoisotopic (exact) mass is 390 g/mol. The van der Waals surface area contributed by atoms with Crippen LogP contribution in [0.15, 0.2) is 72.8 Å². The second-order valence-electron chi connectivity index (χ2n) is 6.50. The first kappa shape index (κ1) is 18.1. The summed E-state index contributed by atoms with van der Waals surface area (Å²) < 4.78 is 13.3. The maximum atomic E-state index is 13.3. The third-order valence-electron chi connectivity index (χ3n) is 4.53.